The number of hydrogen-bond donors (Lipinski definition) is 2. The van der Waals surface area contributed by atoms with Crippen LogP contribution in [0.3, 0.4) is 0 Å². The monoisotopic (exact) mass is 654 g/mol. The molecule has 6 rings (SSSR count). The van der Waals surface area contributed by atoms with Crippen molar-refractivity contribution >= 4 is 10.0 Å². The number of aliphatic hydroxyl groups excluding tert-OH is 1. The van der Waals surface area contributed by atoms with Crippen molar-refractivity contribution in [1.29, 1.82) is 0 Å². The highest BCUT2D eigenvalue weighted by atomic mass is 32.2. The molecule has 0 spiro atoms. The Morgan fingerprint density at radius 1 is 0.766 bits per heavy atom. The van der Waals surface area contributed by atoms with Crippen LogP contribution in [0.4, 0.5) is 0 Å². The molecule has 2 saturated heterocycles. The summed E-state index contributed by atoms with van der Waals surface area (Å²) in [6.45, 7) is 5.49. The standard InChI is InChI=1S/C39H46N2O5S/c1-29-37(27-41-24-10-3-2-4-11-25-41)45-39(46-38(29)32-18-16-30(28-42)17-19-32)33-22-20-31(21-23-33)36-15-9-8-12-34(36)26-40-47(43,44)35-13-6-5-7-14-35/h5-9,12-23,29,37-40,42H,2-4,10-11,24-28H2,1H3. The van der Waals surface area contributed by atoms with Crippen LogP contribution in [0.25, 0.3) is 11.1 Å². The zero-order chi connectivity index (χ0) is 32.6. The third-order valence-corrected chi connectivity index (χ3v) is 10.9. The zero-order valence-electron chi connectivity index (χ0n) is 27.1. The first-order chi connectivity index (χ1) is 22.9. The van der Waals surface area contributed by atoms with E-state index in [1.807, 2.05) is 36.4 Å². The molecule has 4 atom stereocenters. The number of likely N-dealkylation sites (tertiary alicyclic amines) is 1. The van der Waals surface area contributed by atoms with Crippen molar-refractivity contribution in [3.63, 3.8) is 0 Å². The van der Waals surface area contributed by atoms with Gasteiger partial charge in [-0.15, -0.1) is 0 Å². The van der Waals surface area contributed by atoms with Crippen LogP contribution in [0.2, 0.25) is 0 Å². The summed E-state index contributed by atoms with van der Waals surface area (Å²) in [4.78, 5) is 2.82. The van der Waals surface area contributed by atoms with Crippen molar-refractivity contribution < 1.29 is 23.0 Å². The summed E-state index contributed by atoms with van der Waals surface area (Å²) in [6.07, 6.45) is 5.67. The van der Waals surface area contributed by atoms with Gasteiger partial charge in [-0.2, -0.15) is 0 Å². The summed E-state index contributed by atoms with van der Waals surface area (Å²) < 4.78 is 42.0. The molecule has 0 bridgehead atoms. The van der Waals surface area contributed by atoms with E-state index in [0.29, 0.717) is 0 Å². The van der Waals surface area contributed by atoms with E-state index in [2.05, 4.69) is 52.9 Å². The van der Waals surface area contributed by atoms with Gasteiger partial charge >= 0.3 is 0 Å². The Balaban J connectivity index is 1.22. The minimum atomic E-state index is -3.63. The maximum Gasteiger partial charge on any atom is 0.240 e. The van der Waals surface area contributed by atoms with Crippen LogP contribution in [0.1, 0.15) is 73.7 Å². The Morgan fingerprint density at radius 2 is 1.40 bits per heavy atom. The van der Waals surface area contributed by atoms with Crippen LogP contribution >= 0.6 is 0 Å². The summed E-state index contributed by atoms with van der Waals surface area (Å²) in [5.74, 6) is 0.141. The lowest BCUT2D eigenvalue weighted by atomic mass is 9.89. The average Bonchev–Trinajstić information content (AvgIpc) is 3.10. The van der Waals surface area contributed by atoms with E-state index in [4.69, 9.17) is 9.47 Å². The number of nitrogens with zero attached hydrogens (tertiary/aromatic N) is 1. The summed E-state index contributed by atoms with van der Waals surface area (Å²) in [7, 11) is -3.63. The lowest BCUT2D eigenvalue weighted by molar-refractivity contribution is -0.276. The van der Waals surface area contributed by atoms with Crippen molar-refractivity contribution in [2.75, 3.05) is 19.6 Å². The van der Waals surface area contributed by atoms with Gasteiger partial charge in [0.25, 0.3) is 0 Å². The first kappa shape index (κ1) is 33.5. The molecule has 8 heteroatoms. The van der Waals surface area contributed by atoms with Gasteiger partial charge in [-0.3, -0.25) is 0 Å². The largest absolute Gasteiger partial charge is 0.392 e. The third kappa shape index (κ3) is 8.38. The minimum absolute atomic E-state index is 0.00580. The number of ether oxygens (including phenoxy) is 2. The molecule has 2 N–H and O–H groups in total. The Bertz CT molecular complexity index is 1670. The Hall–Kier alpha value is -3.37. The SMILES string of the molecule is CC1C(CN2CCCCCCC2)OC(c2ccc(-c3ccccc3CNS(=O)(=O)c3ccccc3)cc2)OC1c1ccc(CO)cc1. The van der Waals surface area contributed by atoms with Crippen LogP contribution in [0.5, 0.6) is 0 Å². The van der Waals surface area contributed by atoms with Crippen molar-refractivity contribution in [3.05, 3.63) is 125 Å². The molecular formula is C39H46N2O5S. The maximum absolute atomic E-state index is 12.9. The van der Waals surface area contributed by atoms with Gasteiger partial charge in [0.05, 0.1) is 23.7 Å². The lowest BCUT2D eigenvalue weighted by Gasteiger charge is -2.43. The Morgan fingerprint density at radius 3 is 2.11 bits per heavy atom. The van der Waals surface area contributed by atoms with E-state index in [0.717, 1.165) is 53.0 Å². The number of rotatable bonds is 10. The summed E-state index contributed by atoms with van der Waals surface area (Å²) in [5.41, 5.74) is 5.75. The number of benzene rings is 4. The van der Waals surface area contributed by atoms with Gasteiger partial charge in [-0.1, -0.05) is 117 Å². The molecule has 2 heterocycles. The fourth-order valence-electron chi connectivity index (χ4n) is 6.71. The number of sulfonamides is 1. The first-order valence-electron chi connectivity index (χ1n) is 16.9. The quantitative estimate of drug-likeness (QED) is 0.186. The fraction of sp³-hybridized carbons (Fsp3) is 0.385. The van der Waals surface area contributed by atoms with E-state index >= 15 is 0 Å². The van der Waals surface area contributed by atoms with E-state index in [9.17, 15) is 13.5 Å². The van der Waals surface area contributed by atoms with Crippen LogP contribution in [0.15, 0.2) is 108 Å². The van der Waals surface area contributed by atoms with Gasteiger partial charge in [0.15, 0.2) is 6.29 Å². The van der Waals surface area contributed by atoms with Crippen LogP contribution in [0, 0.1) is 5.92 Å². The summed E-state index contributed by atoms with van der Waals surface area (Å²) in [6, 6.07) is 32.6. The molecule has 2 fully saturated rings. The molecule has 0 aliphatic carbocycles. The highest BCUT2D eigenvalue weighted by Gasteiger charge is 2.39. The van der Waals surface area contributed by atoms with E-state index < -0.39 is 16.3 Å². The predicted molar refractivity (Wildman–Crippen MR) is 185 cm³/mol. The van der Waals surface area contributed by atoms with Gasteiger partial charge in [0.2, 0.25) is 10.0 Å². The molecule has 4 aromatic rings. The van der Waals surface area contributed by atoms with E-state index in [1.165, 1.54) is 32.1 Å². The van der Waals surface area contributed by atoms with E-state index in [-0.39, 0.29) is 36.2 Å². The second-order valence-electron chi connectivity index (χ2n) is 12.8. The van der Waals surface area contributed by atoms with Crippen LogP contribution < -0.4 is 4.72 Å². The zero-order valence-corrected chi connectivity index (χ0v) is 27.9. The first-order valence-corrected chi connectivity index (χ1v) is 18.4. The highest BCUT2D eigenvalue weighted by molar-refractivity contribution is 7.89. The molecule has 4 unspecified atom stereocenters. The Labute approximate surface area is 279 Å². The molecule has 2 aliphatic heterocycles. The van der Waals surface area contributed by atoms with Crippen molar-refractivity contribution in [2.24, 2.45) is 5.92 Å². The smallest absolute Gasteiger partial charge is 0.240 e. The third-order valence-electron chi connectivity index (χ3n) is 9.53. The molecule has 47 heavy (non-hydrogen) atoms. The molecule has 0 aromatic heterocycles. The molecule has 248 valence electrons. The van der Waals surface area contributed by atoms with Crippen LogP contribution in [-0.2, 0) is 32.6 Å². The molecule has 0 amide bonds. The summed E-state index contributed by atoms with van der Waals surface area (Å²) >= 11 is 0. The molecule has 2 aliphatic rings. The van der Waals surface area contributed by atoms with Crippen molar-refractivity contribution in [3.8, 4) is 11.1 Å². The maximum atomic E-state index is 12.9. The molecule has 0 radical (unpaired) electrons. The van der Waals surface area contributed by atoms with Crippen molar-refractivity contribution in [1.82, 2.24) is 9.62 Å². The summed E-state index contributed by atoms with van der Waals surface area (Å²) in [5, 5.41) is 9.60. The number of aliphatic hydroxyl groups is 1. The number of nitrogens with one attached hydrogen (secondary N) is 1. The number of hydrogen-bond acceptors (Lipinski definition) is 6. The fourth-order valence-corrected chi connectivity index (χ4v) is 7.74. The van der Waals surface area contributed by atoms with Gasteiger partial charge in [-0.25, -0.2) is 13.1 Å². The molecule has 7 nitrogen and oxygen atoms in total. The predicted octanol–water partition coefficient (Wildman–Crippen LogP) is 7.38. The molecule has 0 saturated carbocycles. The van der Waals surface area contributed by atoms with Gasteiger partial charge in [0.1, 0.15) is 0 Å². The average molecular weight is 655 g/mol. The van der Waals surface area contributed by atoms with Crippen molar-refractivity contribution in [2.45, 2.75) is 75.6 Å². The molecular weight excluding hydrogens is 609 g/mol. The molecule has 4 aromatic carbocycles. The van der Waals surface area contributed by atoms with Gasteiger partial charge in [-0.05, 0) is 65.9 Å². The topological polar surface area (TPSA) is 88.1 Å². The lowest BCUT2D eigenvalue weighted by Crippen LogP contribution is -2.45. The normalized spacial score (nSPS) is 22.8. The second kappa shape index (κ2) is 15.7. The minimum Gasteiger partial charge on any atom is -0.392 e. The highest BCUT2D eigenvalue weighted by Crippen LogP contribution is 2.42. The van der Waals surface area contributed by atoms with Crippen LogP contribution in [-0.4, -0.2) is 44.2 Å². The Kier molecular flexibility index (Phi) is 11.2. The second-order valence-corrected chi connectivity index (χ2v) is 14.6. The van der Waals surface area contributed by atoms with Gasteiger partial charge in [0, 0.05) is 24.6 Å². The van der Waals surface area contributed by atoms with E-state index in [1.54, 1.807) is 30.3 Å². The van der Waals surface area contributed by atoms with Gasteiger partial charge < -0.3 is 19.5 Å².